The molecule has 2 aliphatic rings. The summed E-state index contributed by atoms with van der Waals surface area (Å²) in [7, 11) is 0. The van der Waals surface area contributed by atoms with Crippen molar-refractivity contribution in [3.63, 3.8) is 0 Å². The fraction of sp³-hybridized carbons (Fsp3) is 0.714. The zero-order chi connectivity index (χ0) is 13.1. The van der Waals surface area contributed by atoms with Crippen LogP contribution in [0.5, 0.6) is 0 Å². The lowest BCUT2D eigenvalue weighted by Crippen LogP contribution is -2.47. The minimum Gasteiger partial charge on any atom is -0.354 e. The van der Waals surface area contributed by atoms with E-state index in [4.69, 9.17) is 11.6 Å². The molecule has 0 radical (unpaired) electrons. The smallest absolute Gasteiger partial charge is 0.135 e. The monoisotopic (exact) mass is 280 g/mol. The van der Waals surface area contributed by atoms with Crippen molar-refractivity contribution in [3.8, 4) is 0 Å². The van der Waals surface area contributed by atoms with Crippen LogP contribution in [0.4, 0.5) is 5.82 Å². The molecule has 0 spiro atoms. The van der Waals surface area contributed by atoms with E-state index >= 15 is 0 Å². The average Bonchev–Trinajstić information content (AvgIpc) is 2.48. The van der Waals surface area contributed by atoms with Crippen LogP contribution in [-0.4, -0.2) is 53.5 Å². The van der Waals surface area contributed by atoms with E-state index in [9.17, 15) is 0 Å². The molecule has 0 aromatic carbocycles. The zero-order valence-corrected chi connectivity index (χ0v) is 12.1. The molecular formula is C14H21ClN4. The van der Waals surface area contributed by atoms with Crippen LogP contribution >= 0.6 is 11.6 Å². The highest BCUT2D eigenvalue weighted by atomic mass is 35.5. The molecule has 1 aromatic heterocycles. The summed E-state index contributed by atoms with van der Waals surface area (Å²) >= 11 is 5.81. The number of piperazine rings is 1. The number of anilines is 1. The summed E-state index contributed by atoms with van der Waals surface area (Å²) in [6.45, 7) is 5.29. The van der Waals surface area contributed by atoms with Crippen LogP contribution in [0.2, 0.25) is 0 Å². The second-order valence-corrected chi connectivity index (χ2v) is 5.73. The van der Waals surface area contributed by atoms with Crippen LogP contribution < -0.4 is 4.90 Å². The number of alkyl halides is 1. The van der Waals surface area contributed by atoms with Crippen molar-refractivity contribution in [2.45, 2.75) is 25.7 Å². The second-order valence-electron chi connectivity index (χ2n) is 5.35. The Morgan fingerprint density at radius 2 is 1.84 bits per heavy atom. The van der Waals surface area contributed by atoms with Crippen molar-refractivity contribution in [1.29, 1.82) is 0 Å². The Balaban J connectivity index is 1.73. The zero-order valence-electron chi connectivity index (χ0n) is 11.3. The number of aryl methyl sites for hydroxylation is 1. The number of hydrogen-bond donors (Lipinski definition) is 0. The van der Waals surface area contributed by atoms with Crippen LogP contribution in [0, 0.1) is 0 Å². The normalized spacial score (nSPS) is 20.4. The lowest BCUT2D eigenvalue weighted by molar-refractivity contribution is 0.271. The molecule has 1 fully saturated rings. The van der Waals surface area contributed by atoms with Gasteiger partial charge in [-0.3, -0.25) is 4.90 Å². The van der Waals surface area contributed by atoms with Crippen LogP contribution in [0.25, 0.3) is 0 Å². The molecule has 0 unspecified atom stereocenters. The van der Waals surface area contributed by atoms with Crippen LogP contribution in [-0.2, 0) is 12.8 Å². The second kappa shape index (κ2) is 6.06. The molecule has 1 saturated heterocycles. The fourth-order valence-electron chi connectivity index (χ4n) is 3.08. The van der Waals surface area contributed by atoms with E-state index in [0.717, 1.165) is 51.4 Å². The van der Waals surface area contributed by atoms with Gasteiger partial charge in [-0.2, -0.15) is 0 Å². The van der Waals surface area contributed by atoms with Crippen molar-refractivity contribution in [3.05, 3.63) is 17.6 Å². The predicted molar refractivity (Wildman–Crippen MR) is 78.0 cm³/mol. The summed E-state index contributed by atoms with van der Waals surface area (Å²) in [5.41, 5.74) is 2.68. The van der Waals surface area contributed by atoms with Crippen molar-refractivity contribution >= 4 is 17.4 Å². The molecule has 0 amide bonds. The molecule has 4 nitrogen and oxygen atoms in total. The maximum atomic E-state index is 5.81. The van der Waals surface area contributed by atoms with Gasteiger partial charge in [0, 0.05) is 49.9 Å². The average molecular weight is 281 g/mol. The minimum atomic E-state index is 0.725. The van der Waals surface area contributed by atoms with Gasteiger partial charge in [-0.1, -0.05) is 0 Å². The standard InChI is InChI=1S/C14H21ClN4/c15-5-6-18-7-9-19(10-8-18)14-12-3-1-2-4-13(12)16-11-17-14/h11H,1-10H2. The Labute approximate surface area is 119 Å². The van der Waals surface area contributed by atoms with Crippen LogP contribution in [0.15, 0.2) is 6.33 Å². The summed E-state index contributed by atoms with van der Waals surface area (Å²) < 4.78 is 0. The summed E-state index contributed by atoms with van der Waals surface area (Å²) in [6, 6.07) is 0. The van der Waals surface area contributed by atoms with Crippen LogP contribution in [0.3, 0.4) is 0 Å². The Hall–Kier alpha value is -0.870. The molecule has 104 valence electrons. The molecule has 1 aliphatic carbocycles. The number of hydrogen-bond acceptors (Lipinski definition) is 4. The molecule has 2 heterocycles. The SMILES string of the molecule is ClCCN1CCN(c2ncnc3c2CCCC3)CC1. The van der Waals surface area contributed by atoms with Gasteiger partial charge in [-0.05, 0) is 25.7 Å². The third-order valence-corrected chi connectivity index (χ3v) is 4.34. The molecule has 0 N–H and O–H groups in total. The van der Waals surface area contributed by atoms with E-state index < -0.39 is 0 Å². The maximum Gasteiger partial charge on any atom is 0.135 e. The summed E-state index contributed by atoms with van der Waals surface area (Å²) in [4.78, 5) is 13.9. The number of halogens is 1. The van der Waals surface area contributed by atoms with Gasteiger partial charge in [-0.15, -0.1) is 11.6 Å². The van der Waals surface area contributed by atoms with Crippen LogP contribution in [0.1, 0.15) is 24.1 Å². The van der Waals surface area contributed by atoms with E-state index in [1.54, 1.807) is 6.33 Å². The first-order valence-corrected chi connectivity index (χ1v) is 7.78. The van der Waals surface area contributed by atoms with Crippen molar-refractivity contribution < 1.29 is 0 Å². The predicted octanol–water partition coefficient (Wildman–Crippen LogP) is 1.72. The first-order chi connectivity index (χ1) is 9.38. The number of rotatable bonds is 3. The Bertz CT molecular complexity index is 429. The number of fused-ring (bicyclic) bond motifs is 1. The third-order valence-electron chi connectivity index (χ3n) is 4.17. The van der Waals surface area contributed by atoms with Gasteiger partial charge >= 0.3 is 0 Å². The highest BCUT2D eigenvalue weighted by Crippen LogP contribution is 2.27. The first-order valence-electron chi connectivity index (χ1n) is 7.24. The lowest BCUT2D eigenvalue weighted by Gasteiger charge is -2.36. The Morgan fingerprint density at radius 3 is 2.63 bits per heavy atom. The van der Waals surface area contributed by atoms with Gasteiger partial charge in [0.05, 0.1) is 0 Å². The molecule has 0 bridgehead atoms. The lowest BCUT2D eigenvalue weighted by atomic mass is 9.96. The van der Waals surface area contributed by atoms with E-state index in [-0.39, 0.29) is 0 Å². The van der Waals surface area contributed by atoms with Gasteiger partial charge in [0.2, 0.25) is 0 Å². The maximum absolute atomic E-state index is 5.81. The quantitative estimate of drug-likeness (QED) is 0.789. The van der Waals surface area contributed by atoms with Gasteiger partial charge < -0.3 is 4.90 Å². The van der Waals surface area contributed by atoms with E-state index in [2.05, 4.69) is 19.8 Å². The highest BCUT2D eigenvalue weighted by Gasteiger charge is 2.23. The van der Waals surface area contributed by atoms with Crippen molar-refractivity contribution in [2.75, 3.05) is 43.5 Å². The molecule has 5 heteroatoms. The number of aromatic nitrogens is 2. The van der Waals surface area contributed by atoms with Gasteiger partial charge in [0.25, 0.3) is 0 Å². The third kappa shape index (κ3) is 2.84. The topological polar surface area (TPSA) is 32.3 Å². The molecule has 3 rings (SSSR count). The largest absolute Gasteiger partial charge is 0.354 e. The molecule has 19 heavy (non-hydrogen) atoms. The van der Waals surface area contributed by atoms with Crippen molar-refractivity contribution in [2.24, 2.45) is 0 Å². The van der Waals surface area contributed by atoms with Gasteiger partial charge in [0.15, 0.2) is 0 Å². The Morgan fingerprint density at radius 1 is 1.05 bits per heavy atom. The van der Waals surface area contributed by atoms with E-state index in [1.807, 2.05) is 0 Å². The molecular weight excluding hydrogens is 260 g/mol. The van der Waals surface area contributed by atoms with E-state index in [1.165, 1.54) is 29.9 Å². The molecule has 0 saturated carbocycles. The summed E-state index contributed by atoms with van der Waals surface area (Å²) in [5.74, 6) is 1.92. The summed E-state index contributed by atoms with van der Waals surface area (Å²) in [5, 5.41) is 0. The molecule has 1 aliphatic heterocycles. The van der Waals surface area contributed by atoms with E-state index in [0.29, 0.717) is 0 Å². The highest BCUT2D eigenvalue weighted by molar-refractivity contribution is 6.18. The molecule has 1 aromatic rings. The molecule has 0 atom stereocenters. The minimum absolute atomic E-state index is 0.725. The van der Waals surface area contributed by atoms with Gasteiger partial charge in [0.1, 0.15) is 12.1 Å². The Kier molecular flexibility index (Phi) is 4.18. The summed E-state index contributed by atoms with van der Waals surface area (Å²) in [6.07, 6.45) is 6.56. The van der Waals surface area contributed by atoms with Gasteiger partial charge in [-0.25, -0.2) is 9.97 Å². The first kappa shape index (κ1) is 13.1. The number of nitrogens with zero attached hydrogens (tertiary/aromatic N) is 4. The van der Waals surface area contributed by atoms with Crippen molar-refractivity contribution in [1.82, 2.24) is 14.9 Å². The fourth-order valence-corrected chi connectivity index (χ4v) is 3.32.